The summed E-state index contributed by atoms with van der Waals surface area (Å²) in [7, 11) is 2.69. The summed E-state index contributed by atoms with van der Waals surface area (Å²) < 4.78 is 0. The molecule has 2 aromatic rings. The van der Waals surface area contributed by atoms with E-state index >= 15 is 0 Å². The van der Waals surface area contributed by atoms with E-state index in [1.807, 2.05) is 6.92 Å². The molecule has 1 heterocycles. The third-order valence-corrected chi connectivity index (χ3v) is 5.40. The van der Waals surface area contributed by atoms with E-state index in [0.717, 1.165) is 15.4 Å². The standard InChI is InChI=1S/C23H23N3O4/c1-14-9-11-16(12-10-14)20(28)17(13-18(27)15-7-5-4-6-8-15)19-21(24)25(2)23(30)26(3)22(19)29/h4-12,17,19,24H,13H2,1-3H3. The summed E-state index contributed by atoms with van der Waals surface area (Å²) in [6.07, 6.45) is -0.245. The highest BCUT2D eigenvalue weighted by molar-refractivity contribution is 6.20. The van der Waals surface area contributed by atoms with Crippen LogP contribution in [0.15, 0.2) is 54.6 Å². The Bertz CT molecular complexity index is 991. The predicted octanol–water partition coefficient (Wildman–Crippen LogP) is 3.18. The van der Waals surface area contributed by atoms with E-state index in [2.05, 4.69) is 0 Å². The average molecular weight is 405 g/mol. The van der Waals surface area contributed by atoms with Crippen molar-refractivity contribution in [3.63, 3.8) is 0 Å². The van der Waals surface area contributed by atoms with Gasteiger partial charge in [-0.1, -0.05) is 60.2 Å². The summed E-state index contributed by atoms with van der Waals surface area (Å²) in [5.41, 5.74) is 1.75. The van der Waals surface area contributed by atoms with Crippen molar-refractivity contribution in [3.05, 3.63) is 71.3 Å². The van der Waals surface area contributed by atoms with E-state index in [-0.39, 0.29) is 18.0 Å². The van der Waals surface area contributed by atoms with Gasteiger partial charge in [-0.3, -0.25) is 29.6 Å². The van der Waals surface area contributed by atoms with E-state index in [9.17, 15) is 19.2 Å². The number of hydrogen-bond acceptors (Lipinski definition) is 5. The summed E-state index contributed by atoms with van der Waals surface area (Å²) in [5.74, 6) is -3.97. The number of aryl methyl sites for hydroxylation is 1. The molecule has 30 heavy (non-hydrogen) atoms. The molecule has 0 aromatic heterocycles. The number of Topliss-reactive ketones (excluding diaryl/α,β-unsaturated/α-hetero) is 2. The summed E-state index contributed by atoms with van der Waals surface area (Å²) in [6.45, 7) is 1.89. The number of nitrogens with one attached hydrogen (secondary N) is 1. The average Bonchev–Trinajstić information content (AvgIpc) is 2.76. The third-order valence-electron chi connectivity index (χ3n) is 5.40. The number of benzene rings is 2. The number of amidine groups is 1. The maximum absolute atomic E-state index is 13.4. The first-order chi connectivity index (χ1) is 14.2. The molecule has 1 N–H and O–H groups in total. The molecule has 2 unspecified atom stereocenters. The van der Waals surface area contributed by atoms with Crippen molar-refractivity contribution in [3.8, 4) is 0 Å². The van der Waals surface area contributed by atoms with Crippen LogP contribution in [0.2, 0.25) is 0 Å². The fourth-order valence-corrected chi connectivity index (χ4v) is 3.55. The molecular weight excluding hydrogens is 382 g/mol. The van der Waals surface area contributed by atoms with Crippen LogP contribution >= 0.6 is 0 Å². The van der Waals surface area contributed by atoms with Crippen LogP contribution in [0.5, 0.6) is 0 Å². The van der Waals surface area contributed by atoms with E-state index in [4.69, 9.17) is 5.41 Å². The lowest BCUT2D eigenvalue weighted by Gasteiger charge is -2.37. The summed E-state index contributed by atoms with van der Waals surface area (Å²) >= 11 is 0. The van der Waals surface area contributed by atoms with Crippen molar-refractivity contribution < 1.29 is 19.2 Å². The maximum atomic E-state index is 13.4. The topological polar surface area (TPSA) is 98.6 Å². The van der Waals surface area contributed by atoms with E-state index < -0.39 is 29.6 Å². The first-order valence-corrected chi connectivity index (χ1v) is 9.55. The first-order valence-electron chi connectivity index (χ1n) is 9.55. The minimum absolute atomic E-state index is 0.245. The molecule has 1 fully saturated rings. The van der Waals surface area contributed by atoms with Crippen molar-refractivity contribution in [2.45, 2.75) is 13.3 Å². The van der Waals surface area contributed by atoms with Gasteiger partial charge in [-0.2, -0.15) is 0 Å². The molecule has 0 saturated carbocycles. The van der Waals surface area contributed by atoms with Crippen LogP contribution in [0.1, 0.15) is 32.7 Å². The molecule has 1 aliphatic rings. The van der Waals surface area contributed by atoms with Crippen molar-refractivity contribution in [1.82, 2.24) is 9.80 Å². The largest absolute Gasteiger partial charge is 0.331 e. The van der Waals surface area contributed by atoms with E-state index in [0.29, 0.717) is 11.1 Å². The van der Waals surface area contributed by atoms with Crippen LogP contribution in [0.3, 0.4) is 0 Å². The quantitative estimate of drug-likeness (QED) is 0.746. The molecule has 0 spiro atoms. The van der Waals surface area contributed by atoms with E-state index in [1.165, 1.54) is 14.1 Å². The minimum atomic E-state index is -1.22. The second kappa shape index (κ2) is 8.41. The van der Waals surface area contributed by atoms with Crippen molar-refractivity contribution in [2.24, 2.45) is 11.8 Å². The molecule has 0 aliphatic carbocycles. The normalized spacial score (nSPS) is 17.8. The SMILES string of the molecule is Cc1ccc(C(=O)C(CC(=O)c2ccccc2)C2C(=N)N(C)C(=O)N(C)C2=O)cc1. The number of carbonyl (C=O) groups excluding carboxylic acids is 4. The van der Waals surface area contributed by atoms with Gasteiger partial charge in [-0.25, -0.2) is 4.79 Å². The van der Waals surface area contributed by atoms with Crippen LogP contribution < -0.4 is 0 Å². The Kier molecular flexibility index (Phi) is 5.91. The Balaban J connectivity index is 2.02. The van der Waals surface area contributed by atoms with Crippen molar-refractivity contribution >= 4 is 29.3 Å². The molecule has 2 atom stereocenters. The molecule has 154 valence electrons. The Hall–Kier alpha value is -3.61. The van der Waals surface area contributed by atoms with Gasteiger partial charge in [0.2, 0.25) is 5.91 Å². The molecule has 7 heteroatoms. The summed E-state index contributed by atoms with van der Waals surface area (Å²) in [6, 6.07) is 14.7. The smallest absolute Gasteiger partial charge is 0.294 e. The number of hydrogen-bond donors (Lipinski definition) is 1. The second-order valence-electron chi connectivity index (χ2n) is 7.43. The number of imide groups is 1. The van der Waals surface area contributed by atoms with Gasteiger partial charge < -0.3 is 0 Å². The lowest BCUT2D eigenvalue weighted by molar-refractivity contribution is -0.131. The zero-order chi connectivity index (χ0) is 22.0. The van der Waals surface area contributed by atoms with Crippen LogP contribution in [0.4, 0.5) is 4.79 Å². The molecule has 3 rings (SSSR count). The molecular formula is C23H23N3O4. The summed E-state index contributed by atoms with van der Waals surface area (Å²) in [4.78, 5) is 53.3. The van der Waals surface area contributed by atoms with Crippen LogP contribution in [-0.2, 0) is 4.79 Å². The van der Waals surface area contributed by atoms with Gasteiger partial charge in [0.25, 0.3) is 0 Å². The molecule has 1 saturated heterocycles. The predicted molar refractivity (Wildman–Crippen MR) is 112 cm³/mol. The molecule has 2 aromatic carbocycles. The third kappa shape index (κ3) is 3.91. The van der Waals surface area contributed by atoms with Crippen molar-refractivity contribution in [1.29, 1.82) is 5.41 Å². The number of ketones is 2. The van der Waals surface area contributed by atoms with Crippen molar-refractivity contribution in [2.75, 3.05) is 14.1 Å². The fourth-order valence-electron chi connectivity index (χ4n) is 3.55. The Morgan fingerprint density at radius 3 is 2.13 bits per heavy atom. The Morgan fingerprint density at radius 1 is 0.933 bits per heavy atom. The van der Waals surface area contributed by atoms with E-state index in [1.54, 1.807) is 54.6 Å². The van der Waals surface area contributed by atoms with Gasteiger partial charge in [-0.15, -0.1) is 0 Å². The number of urea groups is 1. The zero-order valence-corrected chi connectivity index (χ0v) is 17.1. The fraction of sp³-hybridized carbons (Fsp3) is 0.261. The lowest BCUT2D eigenvalue weighted by atomic mass is 9.78. The molecule has 3 amide bonds. The van der Waals surface area contributed by atoms with Gasteiger partial charge >= 0.3 is 6.03 Å². The second-order valence-corrected chi connectivity index (χ2v) is 7.43. The zero-order valence-electron chi connectivity index (χ0n) is 17.1. The monoisotopic (exact) mass is 405 g/mol. The highest BCUT2D eigenvalue weighted by Crippen LogP contribution is 2.30. The molecule has 0 radical (unpaired) electrons. The molecule has 1 aliphatic heterocycles. The highest BCUT2D eigenvalue weighted by Gasteiger charge is 2.47. The Morgan fingerprint density at radius 2 is 1.53 bits per heavy atom. The lowest BCUT2D eigenvalue weighted by Crippen LogP contribution is -2.59. The first kappa shape index (κ1) is 21.1. The van der Waals surface area contributed by atoms with Gasteiger partial charge in [0, 0.05) is 37.6 Å². The number of carbonyl (C=O) groups is 4. The highest BCUT2D eigenvalue weighted by atomic mass is 16.2. The van der Waals surface area contributed by atoms with Gasteiger partial charge in [-0.05, 0) is 6.92 Å². The maximum Gasteiger partial charge on any atom is 0.331 e. The van der Waals surface area contributed by atoms with Crippen LogP contribution in [-0.4, -0.2) is 53.2 Å². The Labute approximate surface area is 174 Å². The molecule has 0 bridgehead atoms. The van der Waals surface area contributed by atoms with Gasteiger partial charge in [0.1, 0.15) is 11.8 Å². The number of nitrogens with zero attached hydrogens (tertiary/aromatic N) is 2. The van der Waals surface area contributed by atoms with Crippen LogP contribution in [0.25, 0.3) is 0 Å². The number of amides is 3. The van der Waals surface area contributed by atoms with Crippen LogP contribution in [0, 0.1) is 24.2 Å². The number of rotatable bonds is 6. The van der Waals surface area contributed by atoms with Gasteiger partial charge in [0.05, 0.1) is 0 Å². The summed E-state index contributed by atoms with van der Waals surface area (Å²) in [5, 5.41) is 8.37. The van der Waals surface area contributed by atoms with Gasteiger partial charge in [0.15, 0.2) is 11.6 Å². The minimum Gasteiger partial charge on any atom is -0.294 e. The molecule has 7 nitrogen and oxygen atoms in total.